The van der Waals surface area contributed by atoms with Gasteiger partial charge in [0.05, 0.1) is 5.92 Å². The highest BCUT2D eigenvalue weighted by atomic mass is 16.1. The zero-order valence-electron chi connectivity index (χ0n) is 14.3. The van der Waals surface area contributed by atoms with Crippen LogP contribution < -0.4 is 10.2 Å². The molecule has 2 fully saturated rings. The van der Waals surface area contributed by atoms with E-state index in [0.29, 0.717) is 0 Å². The number of piperidine rings is 1. The molecule has 1 aromatic rings. The van der Waals surface area contributed by atoms with Gasteiger partial charge in [-0.15, -0.1) is 0 Å². The lowest BCUT2D eigenvalue weighted by Gasteiger charge is -2.34. The van der Waals surface area contributed by atoms with E-state index in [1.54, 1.807) is 0 Å². The molecule has 2 saturated heterocycles. The molecule has 0 saturated carbocycles. The number of carbonyl (C=O) groups excluding carboxylic acids is 1. The van der Waals surface area contributed by atoms with Gasteiger partial charge in [-0.1, -0.05) is 0 Å². The second kappa shape index (κ2) is 7.32. The van der Waals surface area contributed by atoms with Gasteiger partial charge in [0, 0.05) is 44.1 Å². The Morgan fingerprint density at radius 2 is 1.70 bits per heavy atom. The summed E-state index contributed by atoms with van der Waals surface area (Å²) in [4.78, 5) is 19.4. The Balaban J connectivity index is 1.56. The lowest BCUT2D eigenvalue weighted by molar-refractivity contribution is -0.121. The smallest absolute Gasteiger partial charge is 0.228 e. The fourth-order valence-corrected chi connectivity index (χ4v) is 3.44. The first-order valence-corrected chi connectivity index (χ1v) is 8.65. The summed E-state index contributed by atoms with van der Waals surface area (Å²) in [5.41, 5.74) is 2.15. The van der Waals surface area contributed by atoms with E-state index in [1.807, 2.05) is 12.1 Å². The van der Waals surface area contributed by atoms with Crippen LogP contribution in [0.2, 0.25) is 0 Å². The molecule has 5 heteroatoms. The fraction of sp³-hybridized carbons (Fsp3) is 0.611. The van der Waals surface area contributed by atoms with E-state index in [2.05, 4.69) is 46.2 Å². The summed E-state index contributed by atoms with van der Waals surface area (Å²) in [6.07, 6.45) is 2.10. The Labute approximate surface area is 139 Å². The van der Waals surface area contributed by atoms with Gasteiger partial charge in [-0.3, -0.25) is 4.79 Å². The van der Waals surface area contributed by atoms with Gasteiger partial charge in [0.25, 0.3) is 0 Å². The number of nitrogens with one attached hydrogen (secondary N) is 1. The summed E-state index contributed by atoms with van der Waals surface area (Å²) in [5, 5.41) is 3.08. The molecule has 0 bridgehead atoms. The third kappa shape index (κ3) is 4.24. The van der Waals surface area contributed by atoms with Gasteiger partial charge in [0.1, 0.15) is 0 Å². The van der Waals surface area contributed by atoms with Crippen molar-refractivity contribution in [3.05, 3.63) is 24.3 Å². The molecule has 1 N–H and O–H groups in total. The predicted octanol–water partition coefficient (Wildman–Crippen LogP) is 1.72. The third-order valence-corrected chi connectivity index (χ3v) is 5.00. The summed E-state index contributed by atoms with van der Waals surface area (Å²) in [5.74, 6) is 0.273. The second-order valence-electron chi connectivity index (χ2n) is 6.93. The Hall–Kier alpha value is -1.59. The van der Waals surface area contributed by atoms with Crippen LogP contribution in [0, 0.1) is 5.92 Å². The number of likely N-dealkylation sites (N-methyl/N-ethyl adjacent to an activating group) is 1. The summed E-state index contributed by atoms with van der Waals surface area (Å²) in [6.45, 7) is 6.31. The van der Waals surface area contributed by atoms with Crippen molar-refractivity contribution in [3.8, 4) is 0 Å². The Kier molecular flexibility index (Phi) is 5.18. The van der Waals surface area contributed by atoms with Crippen LogP contribution in [-0.2, 0) is 4.79 Å². The number of anilines is 2. The minimum Gasteiger partial charge on any atom is -0.369 e. The molecular weight excluding hydrogens is 288 g/mol. The summed E-state index contributed by atoms with van der Waals surface area (Å²) in [7, 11) is 4.25. The molecular formula is C18H28N4O. The van der Waals surface area contributed by atoms with E-state index < -0.39 is 0 Å². The molecule has 0 radical (unpaired) electrons. The molecule has 0 aliphatic carbocycles. The van der Waals surface area contributed by atoms with Crippen molar-refractivity contribution < 1.29 is 4.79 Å². The first kappa shape index (κ1) is 16.3. The molecule has 1 amide bonds. The zero-order valence-corrected chi connectivity index (χ0v) is 14.3. The minimum atomic E-state index is 0.117. The molecule has 3 rings (SSSR count). The summed E-state index contributed by atoms with van der Waals surface area (Å²) < 4.78 is 0. The predicted molar refractivity (Wildman–Crippen MR) is 95.0 cm³/mol. The normalized spacial score (nSPS) is 23.7. The molecule has 1 atom stereocenters. The van der Waals surface area contributed by atoms with Gasteiger partial charge >= 0.3 is 0 Å². The number of rotatable bonds is 3. The van der Waals surface area contributed by atoms with E-state index in [0.717, 1.165) is 57.8 Å². The number of likely N-dealkylation sites (tertiary alicyclic amines) is 1. The summed E-state index contributed by atoms with van der Waals surface area (Å²) in [6, 6.07) is 8.29. The Bertz CT molecular complexity index is 522. The van der Waals surface area contributed by atoms with Crippen LogP contribution in [0.15, 0.2) is 24.3 Å². The Morgan fingerprint density at radius 1 is 1.00 bits per heavy atom. The highest BCUT2D eigenvalue weighted by Crippen LogP contribution is 2.21. The molecule has 2 heterocycles. The van der Waals surface area contributed by atoms with E-state index in [-0.39, 0.29) is 11.8 Å². The van der Waals surface area contributed by atoms with Crippen LogP contribution in [0.1, 0.15) is 12.8 Å². The van der Waals surface area contributed by atoms with Crippen LogP contribution in [0.4, 0.5) is 11.4 Å². The van der Waals surface area contributed by atoms with Crippen molar-refractivity contribution in [2.24, 2.45) is 5.92 Å². The molecule has 126 valence electrons. The minimum absolute atomic E-state index is 0.117. The SMILES string of the molecule is CN1CCN(c2ccc(NC(=O)C3CCCN(C)C3)cc2)CC1. The van der Waals surface area contributed by atoms with E-state index >= 15 is 0 Å². The van der Waals surface area contributed by atoms with Gasteiger partial charge in [-0.05, 0) is 57.7 Å². The van der Waals surface area contributed by atoms with Gasteiger partial charge in [0.15, 0.2) is 0 Å². The van der Waals surface area contributed by atoms with Crippen molar-refractivity contribution in [2.75, 3.05) is 63.6 Å². The van der Waals surface area contributed by atoms with Crippen molar-refractivity contribution in [1.82, 2.24) is 9.80 Å². The van der Waals surface area contributed by atoms with Crippen LogP contribution in [0.3, 0.4) is 0 Å². The van der Waals surface area contributed by atoms with Crippen molar-refractivity contribution in [2.45, 2.75) is 12.8 Å². The monoisotopic (exact) mass is 316 g/mol. The number of nitrogens with zero attached hydrogens (tertiary/aromatic N) is 3. The fourth-order valence-electron chi connectivity index (χ4n) is 3.44. The highest BCUT2D eigenvalue weighted by Gasteiger charge is 2.24. The van der Waals surface area contributed by atoms with Crippen LogP contribution in [-0.4, -0.2) is 69.1 Å². The number of piperazine rings is 1. The molecule has 0 spiro atoms. The molecule has 1 unspecified atom stereocenters. The number of hydrogen-bond donors (Lipinski definition) is 1. The van der Waals surface area contributed by atoms with Crippen molar-refractivity contribution in [1.29, 1.82) is 0 Å². The molecule has 2 aliphatic rings. The maximum absolute atomic E-state index is 12.4. The van der Waals surface area contributed by atoms with Gasteiger partial charge in [-0.25, -0.2) is 0 Å². The molecule has 2 aliphatic heterocycles. The molecule has 5 nitrogen and oxygen atoms in total. The van der Waals surface area contributed by atoms with Crippen molar-refractivity contribution >= 4 is 17.3 Å². The van der Waals surface area contributed by atoms with Gasteiger partial charge in [0.2, 0.25) is 5.91 Å². The number of benzene rings is 1. The quantitative estimate of drug-likeness (QED) is 0.921. The van der Waals surface area contributed by atoms with Crippen molar-refractivity contribution in [3.63, 3.8) is 0 Å². The Morgan fingerprint density at radius 3 is 2.35 bits per heavy atom. The second-order valence-corrected chi connectivity index (χ2v) is 6.93. The first-order chi connectivity index (χ1) is 11.1. The number of amides is 1. The van der Waals surface area contributed by atoms with E-state index in [4.69, 9.17) is 0 Å². The molecule has 1 aromatic carbocycles. The summed E-state index contributed by atoms with van der Waals surface area (Å²) >= 11 is 0. The van der Waals surface area contributed by atoms with Gasteiger partial charge in [-0.2, -0.15) is 0 Å². The molecule has 23 heavy (non-hydrogen) atoms. The van der Waals surface area contributed by atoms with Crippen LogP contribution in [0.25, 0.3) is 0 Å². The van der Waals surface area contributed by atoms with E-state index in [1.165, 1.54) is 5.69 Å². The lowest BCUT2D eigenvalue weighted by atomic mass is 9.97. The van der Waals surface area contributed by atoms with Gasteiger partial charge < -0.3 is 20.0 Å². The average molecular weight is 316 g/mol. The largest absolute Gasteiger partial charge is 0.369 e. The molecule has 0 aromatic heterocycles. The lowest BCUT2D eigenvalue weighted by Crippen LogP contribution is -2.44. The average Bonchev–Trinajstić information content (AvgIpc) is 2.56. The van der Waals surface area contributed by atoms with Crippen LogP contribution >= 0.6 is 0 Å². The third-order valence-electron chi connectivity index (χ3n) is 5.00. The number of hydrogen-bond acceptors (Lipinski definition) is 4. The maximum Gasteiger partial charge on any atom is 0.228 e. The topological polar surface area (TPSA) is 38.8 Å². The highest BCUT2D eigenvalue weighted by molar-refractivity contribution is 5.92. The zero-order chi connectivity index (χ0) is 16.2. The maximum atomic E-state index is 12.4. The standard InChI is InChI=1S/C18H28N4O/c1-20-10-12-22(13-11-20)17-7-5-16(6-8-17)19-18(23)15-4-3-9-21(2)14-15/h5-8,15H,3-4,9-14H2,1-2H3,(H,19,23). The first-order valence-electron chi connectivity index (χ1n) is 8.65. The number of carbonyl (C=O) groups is 1. The van der Waals surface area contributed by atoms with Crippen LogP contribution in [0.5, 0.6) is 0 Å². The van der Waals surface area contributed by atoms with E-state index in [9.17, 15) is 4.79 Å².